The number of carbonyl (C=O) groups excluding carboxylic acids is 1. The number of halogens is 1. The van der Waals surface area contributed by atoms with Crippen molar-refractivity contribution in [1.29, 1.82) is 0 Å². The van der Waals surface area contributed by atoms with Gasteiger partial charge in [0.15, 0.2) is 15.8 Å². The van der Waals surface area contributed by atoms with E-state index in [-0.39, 0.29) is 18.8 Å². The van der Waals surface area contributed by atoms with E-state index in [0.29, 0.717) is 26.4 Å². The van der Waals surface area contributed by atoms with Crippen LogP contribution in [0.5, 0.6) is 17.2 Å². The molecular weight excluding hydrogens is 462 g/mol. The molecule has 2 aromatic carbocycles. The molecule has 144 valence electrons. The zero-order chi connectivity index (χ0) is 19.8. The van der Waals surface area contributed by atoms with Crippen LogP contribution in [0.25, 0.3) is 6.08 Å². The van der Waals surface area contributed by atoms with Crippen LogP contribution >= 0.6 is 39.9 Å². The number of hydrogen-bond donors (Lipinski definition) is 0. The van der Waals surface area contributed by atoms with E-state index in [1.165, 1.54) is 16.7 Å². The third-order valence-corrected chi connectivity index (χ3v) is 5.95. The van der Waals surface area contributed by atoms with Crippen LogP contribution in [0.15, 0.2) is 45.8 Å². The van der Waals surface area contributed by atoms with E-state index in [2.05, 4.69) is 15.9 Å². The molecule has 5 nitrogen and oxygen atoms in total. The molecule has 0 radical (unpaired) electrons. The molecule has 1 fully saturated rings. The summed E-state index contributed by atoms with van der Waals surface area (Å²) in [6, 6.07) is 11.1. The summed E-state index contributed by atoms with van der Waals surface area (Å²) in [5.41, 5.74) is 1.55. The maximum Gasteiger partial charge on any atom is 0.270 e. The van der Waals surface area contributed by atoms with E-state index in [1.54, 1.807) is 18.2 Å². The maximum atomic E-state index is 13.0. The molecule has 0 aliphatic carbocycles. The van der Waals surface area contributed by atoms with Crippen LogP contribution in [-0.2, 0) is 4.79 Å². The zero-order valence-corrected chi connectivity index (χ0v) is 18.3. The number of anilines is 1. The van der Waals surface area contributed by atoms with Gasteiger partial charge >= 0.3 is 0 Å². The van der Waals surface area contributed by atoms with Crippen molar-refractivity contribution in [2.24, 2.45) is 0 Å². The summed E-state index contributed by atoms with van der Waals surface area (Å²) in [5.74, 6) is 1.88. The van der Waals surface area contributed by atoms with E-state index < -0.39 is 0 Å². The van der Waals surface area contributed by atoms with Crippen LogP contribution in [0.3, 0.4) is 0 Å². The van der Waals surface area contributed by atoms with Gasteiger partial charge in [-0.25, -0.2) is 0 Å². The van der Waals surface area contributed by atoms with Crippen molar-refractivity contribution >= 4 is 61.9 Å². The second kappa shape index (κ2) is 7.77. The van der Waals surface area contributed by atoms with E-state index in [0.717, 1.165) is 15.8 Å². The van der Waals surface area contributed by atoms with Crippen molar-refractivity contribution in [2.75, 3.05) is 11.7 Å². The Bertz CT molecular complexity index is 1010. The lowest BCUT2D eigenvalue weighted by Gasteiger charge is -2.14. The lowest BCUT2D eigenvalue weighted by molar-refractivity contribution is -0.113. The molecule has 0 bridgehead atoms. The fourth-order valence-electron chi connectivity index (χ4n) is 2.82. The van der Waals surface area contributed by atoms with Gasteiger partial charge < -0.3 is 14.2 Å². The molecule has 0 spiro atoms. The third-order valence-electron chi connectivity index (χ3n) is 4.02. The number of ether oxygens (including phenoxy) is 3. The Balaban J connectivity index is 1.59. The fourth-order valence-corrected chi connectivity index (χ4v) is 4.61. The number of thiocarbonyl (C=S) groups is 1. The number of carbonyl (C=O) groups is 1. The standard InChI is InChI=1S/C20H16BrNO4S2/c1-11(2)26-15-5-3-12(7-14(15)21)8-18-19(23)22(20(27)28-18)13-4-6-16-17(9-13)25-10-24-16/h3-9,11H,10H2,1-2H3/b18-8-. The van der Waals surface area contributed by atoms with Gasteiger partial charge in [-0.05, 0) is 65.7 Å². The topological polar surface area (TPSA) is 48.0 Å². The van der Waals surface area contributed by atoms with Crippen molar-refractivity contribution in [3.05, 3.63) is 51.3 Å². The summed E-state index contributed by atoms with van der Waals surface area (Å²) in [4.78, 5) is 15.0. The van der Waals surface area contributed by atoms with Crippen LogP contribution in [-0.4, -0.2) is 23.1 Å². The lowest BCUT2D eigenvalue weighted by Crippen LogP contribution is -2.27. The number of rotatable bonds is 4. The summed E-state index contributed by atoms with van der Waals surface area (Å²) in [6.45, 7) is 4.13. The quantitative estimate of drug-likeness (QED) is 0.435. The Labute approximate surface area is 180 Å². The minimum Gasteiger partial charge on any atom is -0.490 e. The summed E-state index contributed by atoms with van der Waals surface area (Å²) in [5, 5.41) is 0. The average Bonchev–Trinajstić information content (AvgIpc) is 3.21. The first-order valence-electron chi connectivity index (χ1n) is 8.56. The average molecular weight is 478 g/mol. The number of thioether (sulfide) groups is 1. The predicted molar refractivity (Wildman–Crippen MR) is 118 cm³/mol. The summed E-state index contributed by atoms with van der Waals surface area (Å²) in [7, 11) is 0. The van der Waals surface area contributed by atoms with E-state index in [9.17, 15) is 4.79 Å². The molecule has 2 heterocycles. The molecule has 0 saturated carbocycles. The summed E-state index contributed by atoms with van der Waals surface area (Å²) < 4.78 is 17.8. The Kier molecular flexibility index (Phi) is 5.35. The second-order valence-electron chi connectivity index (χ2n) is 6.41. The van der Waals surface area contributed by atoms with Crippen LogP contribution < -0.4 is 19.1 Å². The molecule has 2 aliphatic heterocycles. The highest BCUT2D eigenvalue weighted by molar-refractivity contribution is 9.10. The van der Waals surface area contributed by atoms with Crippen LogP contribution in [0.1, 0.15) is 19.4 Å². The molecule has 2 aromatic rings. The van der Waals surface area contributed by atoms with Gasteiger partial charge in [-0.3, -0.25) is 9.69 Å². The third kappa shape index (κ3) is 3.76. The minimum absolute atomic E-state index is 0.0834. The van der Waals surface area contributed by atoms with Crippen LogP contribution in [0.2, 0.25) is 0 Å². The largest absolute Gasteiger partial charge is 0.490 e. The van der Waals surface area contributed by atoms with Gasteiger partial charge in [0.2, 0.25) is 6.79 Å². The van der Waals surface area contributed by atoms with Gasteiger partial charge in [0.25, 0.3) is 5.91 Å². The second-order valence-corrected chi connectivity index (χ2v) is 8.94. The normalized spacial score (nSPS) is 17.1. The molecule has 4 rings (SSSR count). The van der Waals surface area contributed by atoms with Crippen molar-refractivity contribution < 1.29 is 19.0 Å². The first kappa shape index (κ1) is 19.3. The fraction of sp³-hybridized carbons (Fsp3) is 0.200. The Morgan fingerprint density at radius 3 is 2.75 bits per heavy atom. The van der Waals surface area contributed by atoms with Gasteiger partial charge in [-0.15, -0.1) is 0 Å². The van der Waals surface area contributed by atoms with E-state index >= 15 is 0 Å². The Morgan fingerprint density at radius 2 is 2.00 bits per heavy atom. The molecule has 0 atom stereocenters. The Morgan fingerprint density at radius 1 is 1.21 bits per heavy atom. The van der Waals surface area contributed by atoms with E-state index in [1.807, 2.05) is 38.1 Å². The van der Waals surface area contributed by atoms with Crippen molar-refractivity contribution in [2.45, 2.75) is 20.0 Å². The van der Waals surface area contributed by atoms with Gasteiger partial charge in [0, 0.05) is 6.07 Å². The monoisotopic (exact) mass is 477 g/mol. The SMILES string of the molecule is CC(C)Oc1ccc(/C=C2\SC(=S)N(c3ccc4c(c3)OCO4)C2=O)cc1Br. The number of fused-ring (bicyclic) bond motifs is 1. The highest BCUT2D eigenvalue weighted by atomic mass is 79.9. The molecule has 0 N–H and O–H groups in total. The van der Waals surface area contributed by atoms with Crippen molar-refractivity contribution in [3.8, 4) is 17.2 Å². The molecule has 8 heteroatoms. The molecule has 0 unspecified atom stereocenters. The van der Waals surface area contributed by atoms with Gasteiger partial charge in [0.05, 0.1) is 21.2 Å². The molecule has 28 heavy (non-hydrogen) atoms. The number of amides is 1. The molecule has 1 amide bonds. The van der Waals surface area contributed by atoms with Crippen LogP contribution in [0, 0.1) is 0 Å². The van der Waals surface area contributed by atoms with Gasteiger partial charge in [-0.2, -0.15) is 0 Å². The van der Waals surface area contributed by atoms with Crippen molar-refractivity contribution in [3.63, 3.8) is 0 Å². The first-order valence-corrected chi connectivity index (χ1v) is 10.6. The number of benzene rings is 2. The first-order chi connectivity index (χ1) is 13.4. The van der Waals surface area contributed by atoms with Gasteiger partial charge in [0.1, 0.15) is 5.75 Å². The van der Waals surface area contributed by atoms with E-state index in [4.69, 9.17) is 26.4 Å². The summed E-state index contributed by atoms with van der Waals surface area (Å²) >= 11 is 10.2. The number of nitrogens with zero attached hydrogens (tertiary/aromatic N) is 1. The minimum atomic E-state index is -0.160. The Hall–Kier alpha value is -2.03. The highest BCUT2D eigenvalue weighted by Gasteiger charge is 2.34. The van der Waals surface area contributed by atoms with Crippen LogP contribution in [0.4, 0.5) is 5.69 Å². The molecular formula is C20H16BrNO4S2. The summed E-state index contributed by atoms with van der Waals surface area (Å²) in [6.07, 6.45) is 1.91. The predicted octanol–water partition coefficient (Wildman–Crippen LogP) is 5.37. The molecule has 0 aromatic heterocycles. The maximum absolute atomic E-state index is 13.0. The molecule has 2 aliphatic rings. The van der Waals surface area contributed by atoms with Crippen molar-refractivity contribution in [1.82, 2.24) is 0 Å². The number of hydrogen-bond acceptors (Lipinski definition) is 6. The highest BCUT2D eigenvalue weighted by Crippen LogP contribution is 2.41. The lowest BCUT2D eigenvalue weighted by atomic mass is 10.2. The molecule has 1 saturated heterocycles. The van der Waals surface area contributed by atoms with Gasteiger partial charge in [-0.1, -0.05) is 30.0 Å². The zero-order valence-electron chi connectivity index (χ0n) is 15.1. The smallest absolute Gasteiger partial charge is 0.270 e.